The van der Waals surface area contributed by atoms with Crippen molar-refractivity contribution in [3.05, 3.63) is 57.5 Å². The fraction of sp³-hybridized carbons (Fsp3) is 0.188. The number of hydrogen-bond donors (Lipinski definition) is 1. The van der Waals surface area contributed by atoms with Gasteiger partial charge in [0.25, 0.3) is 17.2 Å². The van der Waals surface area contributed by atoms with E-state index in [2.05, 4.69) is 9.97 Å². The molecular formula is C16H13F2N3O2S2. The lowest BCUT2D eigenvalue weighted by molar-refractivity contribution is 0.0781. The summed E-state index contributed by atoms with van der Waals surface area (Å²) in [5, 5.41) is 1.78. The Labute approximate surface area is 149 Å². The van der Waals surface area contributed by atoms with Crippen LogP contribution in [0.15, 0.2) is 45.4 Å². The first-order chi connectivity index (χ1) is 11.9. The van der Waals surface area contributed by atoms with Crippen LogP contribution < -0.4 is 5.56 Å². The lowest BCUT2D eigenvalue weighted by Crippen LogP contribution is -2.28. The molecule has 0 aliphatic rings. The molecule has 0 radical (unpaired) electrons. The van der Waals surface area contributed by atoms with E-state index in [1.807, 2.05) is 0 Å². The fourth-order valence-electron chi connectivity index (χ4n) is 2.29. The lowest BCUT2D eigenvalue weighted by Gasteiger charge is -2.16. The molecule has 0 saturated heterocycles. The molecule has 0 atom stereocenters. The van der Waals surface area contributed by atoms with Gasteiger partial charge < -0.3 is 9.88 Å². The van der Waals surface area contributed by atoms with Gasteiger partial charge in [0.1, 0.15) is 10.5 Å². The third-order valence-corrected chi connectivity index (χ3v) is 5.05. The second kappa shape index (κ2) is 7.32. The maximum Gasteiger partial charge on any atom is 0.288 e. The summed E-state index contributed by atoms with van der Waals surface area (Å²) in [7, 11) is 1.59. The van der Waals surface area contributed by atoms with Crippen molar-refractivity contribution in [2.45, 2.75) is 17.2 Å². The molecule has 5 nitrogen and oxygen atoms in total. The van der Waals surface area contributed by atoms with Gasteiger partial charge in [0, 0.05) is 17.5 Å². The summed E-state index contributed by atoms with van der Waals surface area (Å²) in [6.07, 6.45) is 0. The van der Waals surface area contributed by atoms with Crippen molar-refractivity contribution >= 4 is 39.2 Å². The monoisotopic (exact) mass is 381 g/mol. The smallest absolute Gasteiger partial charge is 0.288 e. The van der Waals surface area contributed by atoms with Crippen molar-refractivity contribution in [3.63, 3.8) is 0 Å². The number of carbonyl (C=O) groups is 1. The summed E-state index contributed by atoms with van der Waals surface area (Å²) in [4.78, 5) is 33.2. The van der Waals surface area contributed by atoms with Crippen LogP contribution in [0.2, 0.25) is 0 Å². The highest BCUT2D eigenvalue weighted by atomic mass is 32.2. The van der Waals surface area contributed by atoms with E-state index in [4.69, 9.17) is 0 Å². The van der Waals surface area contributed by atoms with Crippen LogP contribution in [0.5, 0.6) is 0 Å². The molecule has 0 aliphatic carbocycles. The predicted octanol–water partition coefficient (Wildman–Crippen LogP) is 3.57. The van der Waals surface area contributed by atoms with Crippen molar-refractivity contribution in [1.29, 1.82) is 0 Å². The first-order valence-electron chi connectivity index (χ1n) is 7.21. The zero-order valence-corrected chi connectivity index (χ0v) is 14.7. The summed E-state index contributed by atoms with van der Waals surface area (Å²) in [5.74, 6) is -2.41. The summed E-state index contributed by atoms with van der Waals surface area (Å²) in [5.41, 5.74) is 0.738. The van der Waals surface area contributed by atoms with E-state index in [0.717, 1.165) is 0 Å². The topological polar surface area (TPSA) is 66.1 Å². The van der Waals surface area contributed by atoms with Gasteiger partial charge in [-0.1, -0.05) is 11.8 Å². The molecule has 3 rings (SSSR count). The number of halogens is 2. The van der Waals surface area contributed by atoms with Gasteiger partial charge in [-0.05, 0) is 35.7 Å². The van der Waals surface area contributed by atoms with Gasteiger partial charge in [-0.25, -0.2) is 4.98 Å². The van der Waals surface area contributed by atoms with Crippen LogP contribution in [0.3, 0.4) is 0 Å². The first-order valence-corrected chi connectivity index (χ1v) is 8.96. The lowest BCUT2D eigenvalue weighted by atomic mass is 10.2. The number of alkyl halides is 2. The molecule has 1 N–H and O–H groups in total. The SMILES string of the molecule is CN(Cc1nc2ccsc2c(=O)[nH]1)C(=O)c1ccc(SC(F)F)cc1. The molecule has 2 heterocycles. The van der Waals surface area contributed by atoms with Gasteiger partial charge in [-0.3, -0.25) is 9.59 Å². The molecule has 25 heavy (non-hydrogen) atoms. The highest BCUT2D eigenvalue weighted by Gasteiger charge is 2.15. The largest absolute Gasteiger partial charge is 0.334 e. The minimum Gasteiger partial charge on any atom is -0.334 e. The van der Waals surface area contributed by atoms with Crippen molar-refractivity contribution < 1.29 is 13.6 Å². The van der Waals surface area contributed by atoms with Crippen LogP contribution in [0.25, 0.3) is 10.2 Å². The Hall–Kier alpha value is -2.26. The molecule has 0 spiro atoms. The maximum atomic E-state index is 12.4. The summed E-state index contributed by atoms with van der Waals surface area (Å²) in [6, 6.07) is 7.72. The summed E-state index contributed by atoms with van der Waals surface area (Å²) in [6.45, 7) is 0.132. The van der Waals surface area contributed by atoms with Gasteiger partial charge >= 0.3 is 0 Å². The number of H-pyrrole nitrogens is 1. The van der Waals surface area contributed by atoms with Crippen molar-refractivity contribution in [3.8, 4) is 0 Å². The van der Waals surface area contributed by atoms with Crippen molar-refractivity contribution in [2.75, 3.05) is 7.05 Å². The van der Waals surface area contributed by atoms with Crippen LogP contribution >= 0.6 is 23.1 Å². The number of hydrogen-bond acceptors (Lipinski definition) is 5. The zero-order valence-electron chi connectivity index (χ0n) is 13.0. The minimum atomic E-state index is -2.50. The molecule has 0 saturated carbocycles. The van der Waals surface area contributed by atoms with Crippen LogP contribution in [-0.4, -0.2) is 33.6 Å². The van der Waals surface area contributed by atoms with E-state index in [9.17, 15) is 18.4 Å². The highest BCUT2D eigenvalue weighted by molar-refractivity contribution is 7.99. The first kappa shape index (κ1) is 17.6. The number of nitrogens with one attached hydrogen (secondary N) is 1. The number of thiophene rings is 1. The standard InChI is InChI=1S/C16H13F2N3O2S2/c1-21(8-12-19-11-6-7-24-13(11)14(22)20-12)15(23)9-2-4-10(5-3-9)25-16(17)18/h2-7,16H,8H2,1H3,(H,19,20,22). The average molecular weight is 381 g/mol. The third kappa shape index (κ3) is 4.05. The number of thioether (sulfide) groups is 1. The Morgan fingerprint density at radius 1 is 1.32 bits per heavy atom. The minimum absolute atomic E-state index is 0.132. The Bertz CT molecular complexity index is 954. The second-order valence-corrected chi connectivity index (χ2v) is 7.19. The number of fused-ring (bicyclic) bond motifs is 1. The Balaban J connectivity index is 1.74. The van der Waals surface area contributed by atoms with Crippen LogP contribution in [0.4, 0.5) is 8.78 Å². The highest BCUT2D eigenvalue weighted by Crippen LogP contribution is 2.25. The number of amides is 1. The van der Waals surface area contributed by atoms with Gasteiger partial charge in [0.05, 0.1) is 12.1 Å². The molecule has 0 fully saturated rings. The molecule has 130 valence electrons. The number of carbonyl (C=O) groups excluding carboxylic acids is 1. The molecule has 0 unspecified atom stereocenters. The van der Waals surface area contributed by atoms with E-state index < -0.39 is 5.76 Å². The Morgan fingerprint density at radius 2 is 2.04 bits per heavy atom. The van der Waals surface area contributed by atoms with E-state index in [0.29, 0.717) is 38.3 Å². The van der Waals surface area contributed by atoms with E-state index in [1.165, 1.54) is 40.5 Å². The van der Waals surface area contributed by atoms with Crippen LogP contribution in [-0.2, 0) is 6.54 Å². The number of aromatic amines is 1. The molecule has 0 aliphatic heterocycles. The molecule has 1 amide bonds. The fourth-order valence-corrected chi connectivity index (χ4v) is 3.52. The molecular weight excluding hydrogens is 368 g/mol. The average Bonchev–Trinajstić information content (AvgIpc) is 3.03. The second-order valence-electron chi connectivity index (χ2n) is 5.21. The summed E-state index contributed by atoms with van der Waals surface area (Å²) < 4.78 is 25.2. The van der Waals surface area contributed by atoms with Crippen LogP contribution in [0, 0.1) is 0 Å². The summed E-state index contributed by atoms with van der Waals surface area (Å²) >= 11 is 1.73. The zero-order chi connectivity index (χ0) is 18.0. The van der Waals surface area contributed by atoms with E-state index in [1.54, 1.807) is 18.5 Å². The van der Waals surface area contributed by atoms with E-state index in [-0.39, 0.29) is 18.0 Å². The van der Waals surface area contributed by atoms with Crippen molar-refractivity contribution in [1.82, 2.24) is 14.9 Å². The van der Waals surface area contributed by atoms with Gasteiger partial charge in [0.2, 0.25) is 0 Å². The molecule has 3 aromatic rings. The van der Waals surface area contributed by atoms with E-state index >= 15 is 0 Å². The van der Waals surface area contributed by atoms with Crippen LogP contribution in [0.1, 0.15) is 16.2 Å². The quantitative estimate of drug-likeness (QED) is 0.686. The number of aromatic nitrogens is 2. The normalized spacial score (nSPS) is 11.2. The van der Waals surface area contributed by atoms with Gasteiger partial charge in [-0.2, -0.15) is 8.78 Å². The number of benzene rings is 1. The Morgan fingerprint density at radius 3 is 2.72 bits per heavy atom. The number of rotatable bonds is 5. The molecule has 2 aromatic heterocycles. The molecule has 9 heteroatoms. The Kier molecular flexibility index (Phi) is 5.14. The number of nitrogens with zero attached hydrogens (tertiary/aromatic N) is 2. The maximum absolute atomic E-state index is 12.4. The van der Waals surface area contributed by atoms with Gasteiger partial charge in [-0.15, -0.1) is 11.3 Å². The van der Waals surface area contributed by atoms with Gasteiger partial charge in [0.15, 0.2) is 0 Å². The predicted molar refractivity (Wildman–Crippen MR) is 94.3 cm³/mol. The van der Waals surface area contributed by atoms with Crippen molar-refractivity contribution in [2.24, 2.45) is 0 Å². The molecule has 0 bridgehead atoms. The molecule has 1 aromatic carbocycles. The third-order valence-electron chi connectivity index (χ3n) is 3.42.